The van der Waals surface area contributed by atoms with Gasteiger partial charge in [0.15, 0.2) is 0 Å². The van der Waals surface area contributed by atoms with Gasteiger partial charge in [-0.25, -0.2) is 0 Å². The van der Waals surface area contributed by atoms with Crippen LogP contribution in [0.15, 0.2) is 36.7 Å². The second-order valence-electron chi connectivity index (χ2n) is 5.93. The Morgan fingerprint density at radius 2 is 1.95 bits per heavy atom. The molecular weight excluding hydrogens is 234 g/mol. The van der Waals surface area contributed by atoms with Crippen LogP contribution in [0, 0.1) is 17.8 Å². The van der Waals surface area contributed by atoms with Crippen molar-refractivity contribution in [2.75, 3.05) is 0 Å². The fourth-order valence-electron chi connectivity index (χ4n) is 4.17. The van der Waals surface area contributed by atoms with Crippen molar-refractivity contribution in [1.82, 2.24) is 10.4 Å². The fourth-order valence-corrected chi connectivity index (χ4v) is 4.17. The quantitative estimate of drug-likeness (QED) is 0.653. The van der Waals surface area contributed by atoms with Crippen LogP contribution in [0.1, 0.15) is 30.9 Å². The number of nitrogens with zero attached hydrogens (tertiary/aromatic N) is 1. The minimum atomic E-state index is 0.258. The van der Waals surface area contributed by atoms with Gasteiger partial charge in [-0.05, 0) is 41.5 Å². The molecule has 3 N–H and O–H groups in total. The summed E-state index contributed by atoms with van der Waals surface area (Å²) in [4.78, 5) is 4.39. The Labute approximate surface area is 113 Å². The summed E-state index contributed by atoms with van der Waals surface area (Å²) in [5.74, 6) is 8.35. The van der Waals surface area contributed by atoms with Gasteiger partial charge in [0.05, 0.1) is 6.04 Å². The van der Waals surface area contributed by atoms with Gasteiger partial charge in [-0.2, -0.15) is 0 Å². The van der Waals surface area contributed by atoms with Gasteiger partial charge in [-0.15, -0.1) is 0 Å². The van der Waals surface area contributed by atoms with Crippen LogP contribution in [-0.4, -0.2) is 4.98 Å². The topological polar surface area (TPSA) is 50.9 Å². The number of hydrogen-bond donors (Lipinski definition) is 2. The molecule has 3 nitrogen and oxygen atoms in total. The highest BCUT2D eigenvalue weighted by Gasteiger charge is 2.56. The van der Waals surface area contributed by atoms with Crippen molar-refractivity contribution in [3.63, 3.8) is 0 Å². The van der Waals surface area contributed by atoms with E-state index in [9.17, 15) is 0 Å². The molecule has 0 aliphatic heterocycles. The number of benzene rings is 1. The predicted octanol–water partition coefficient (Wildman–Crippen LogP) is 2.79. The Balaban J connectivity index is 1.76. The van der Waals surface area contributed by atoms with E-state index < -0.39 is 0 Å². The highest BCUT2D eigenvalue weighted by atomic mass is 15.2. The van der Waals surface area contributed by atoms with Crippen LogP contribution >= 0.6 is 0 Å². The maximum absolute atomic E-state index is 5.86. The number of nitrogens with two attached hydrogens (primary N) is 1. The molecule has 2 aromatic rings. The number of rotatable bonds is 3. The van der Waals surface area contributed by atoms with Gasteiger partial charge in [0.1, 0.15) is 0 Å². The molecule has 3 heteroatoms. The number of pyridine rings is 1. The molecule has 19 heavy (non-hydrogen) atoms. The van der Waals surface area contributed by atoms with Gasteiger partial charge in [0.25, 0.3) is 0 Å². The van der Waals surface area contributed by atoms with Crippen LogP contribution in [0.2, 0.25) is 0 Å². The summed E-state index contributed by atoms with van der Waals surface area (Å²) >= 11 is 0. The molecule has 1 aromatic carbocycles. The molecule has 3 atom stereocenters. The second kappa shape index (κ2) is 4.29. The molecule has 2 fully saturated rings. The third-order valence-electron chi connectivity index (χ3n) is 5.07. The Bertz CT molecular complexity index is 594. The van der Waals surface area contributed by atoms with Crippen molar-refractivity contribution < 1.29 is 0 Å². The molecular formula is C16H19N3. The van der Waals surface area contributed by atoms with E-state index >= 15 is 0 Å². The summed E-state index contributed by atoms with van der Waals surface area (Å²) in [6.45, 7) is 0. The molecule has 1 aromatic heterocycles. The lowest BCUT2D eigenvalue weighted by Crippen LogP contribution is -2.31. The molecule has 0 spiro atoms. The molecule has 0 amide bonds. The first-order chi connectivity index (χ1) is 9.40. The molecule has 0 bridgehead atoms. The van der Waals surface area contributed by atoms with Crippen LogP contribution < -0.4 is 11.3 Å². The zero-order valence-corrected chi connectivity index (χ0v) is 10.9. The molecule has 4 rings (SSSR count). The number of hydrogen-bond acceptors (Lipinski definition) is 3. The van der Waals surface area contributed by atoms with E-state index in [4.69, 9.17) is 5.84 Å². The van der Waals surface area contributed by atoms with Gasteiger partial charge in [0, 0.05) is 17.8 Å². The first-order valence-electron chi connectivity index (χ1n) is 7.19. The Morgan fingerprint density at radius 1 is 1.16 bits per heavy atom. The van der Waals surface area contributed by atoms with Crippen molar-refractivity contribution in [2.24, 2.45) is 23.6 Å². The summed E-state index contributed by atoms with van der Waals surface area (Å²) < 4.78 is 0. The van der Waals surface area contributed by atoms with Crippen LogP contribution in [0.4, 0.5) is 0 Å². The van der Waals surface area contributed by atoms with E-state index in [-0.39, 0.29) is 6.04 Å². The average Bonchev–Trinajstić information content (AvgIpc) is 2.93. The van der Waals surface area contributed by atoms with Crippen LogP contribution in [0.25, 0.3) is 10.8 Å². The van der Waals surface area contributed by atoms with Crippen molar-refractivity contribution in [3.05, 3.63) is 42.2 Å². The smallest absolute Gasteiger partial charge is 0.0515 e. The lowest BCUT2D eigenvalue weighted by molar-refractivity contribution is 0.427. The maximum atomic E-state index is 5.86. The van der Waals surface area contributed by atoms with E-state index in [1.807, 2.05) is 12.4 Å². The summed E-state index contributed by atoms with van der Waals surface area (Å²) in [7, 11) is 0. The van der Waals surface area contributed by atoms with Crippen molar-refractivity contribution in [3.8, 4) is 0 Å². The van der Waals surface area contributed by atoms with Gasteiger partial charge >= 0.3 is 0 Å². The summed E-state index contributed by atoms with van der Waals surface area (Å²) in [5.41, 5.74) is 4.32. The van der Waals surface area contributed by atoms with E-state index in [0.717, 1.165) is 11.8 Å². The summed E-state index contributed by atoms with van der Waals surface area (Å²) in [6.07, 6.45) is 8.08. The van der Waals surface area contributed by atoms with Crippen molar-refractivity contribution >= 4 is 10.8 Å². The summed E-state index contributed by atoms with van der Waals surface area (Å²) in [6, 6.07) is 8.70. The predicted molar refractivity (Wildman–Crippen MR) is 76.1 cm³/mol. The first-order valence-corrected chi connectivity index (χ1v) is 7.19. The standard InChI is InChI=1S/C16H19N3/c17-19-16(15-12-6-3-7-13(12)15)14-9-18-8-10-4-1-2-5-11(10)14/h1-2,4-5,8-9,12-13,15-16,19H,3,6-7,17H2. The first kappa shape index (κ1) is 11.4. The third-order valence-corrected chi connectivity index (χ3v) is 5.07. The molecule has 1 heterocycles. The van der Waals surface area contributed by atoms with E-state index in [0.29, 0.717) is 5.92 Å². The average molecular weight is 253 g/mol. The highest BCUT2D eigenvalue weighted by molar-refractivity contribution is 5.85. The molecule has 98 valence electrons. The zero-order chi connectivity index (χ0) is 12.8. The third kappa shape index (κ3) is 1.69. The SMILES string of the molecule is NNC(c1cncc2ccccc12)C1C2CCCC21. The van der Waals surface area contributed by atoms with Crippen LogP contribution in [0.3, 0.4) is 0 Å². The largest absolute Gasteiger partial charge is 0.271 e. The Morgan fingerprint density at radius 3 is 2.74 bits per heavy atom. The van der Waals surface area contributed by atoms with Crippen LogP contribution in [-0.2, 0) is 0 Å². The second-order valence-corrected chi connectivity index (χ2v) is 5.93. The lowest BCUT2D eigenvalue weighted by atomic mass is 9.95. The molecule has 3 unspecified atom stereocenters. The van der Waals surface area contributed by atoms with Gasteiger partial charge in [-0.3, -0.25) is 16.3 Å². The molecule has 0 saturated heterocycles. The zero-order valence-electron chi connectivity index (χ0n) is 10.9. The molecule has 0 radical (unpaired) electrons. The monoisotopic (exact) mass is 253 g/mol. The van der Waals surface area contributed by atoms with Gasteiger partial charge in [0.2, 0.25) is 0 Å². The molecule has 2 aliphatic rings. The normalized spacial score (nSPS) is 30.3. The van der Waals surface area contributed by atoms with Gasteiger partial charge in [-0.1, -0.05) is 30.7 Å². The maximum Gasteiger partial charge on any atom is 0.0515 e. The van der Waals surface area contributed by atoms with Gasteiger partial charge < -0.3 is 0 Å². The number of nitrogens with one attached hydrogen (secondary N) is 1. The number of hydrazine groups is 1. The summed E-state index contributed by atoms with van der Waals surface area (Å²) in [5, 5.41) is 2.48. The Hall–Kier alpha value is -1.45. The molecule has 2 saturated carbocycles. The minimum absolute atomic E-state index is 0.258. The Kier molecular flexibility index (Phi) is 2.57. The van der Waals surface area contributed by atoms with E-state index in [1.165, 1.54) is 35.6 Å². The molecule has 2 aliphatic carbocycles. The van der Waals surface area contributed by atoms with Crippen molar-refractivity contribution in [2.45, 2.75) is 25.3 Å². The fraction of sp³-hybridized carbons (Fsp3) is 0.438. The minimum Gasteiger partial charge on any atom is -0.271 e. The number of fused-ring (bicyclic) bond motifs is 2. The van der Waals surface area contributed by atoms with Crippen LogP contribution in [0.5, 0.6) is 0 Å². The highest BCUT2D eigenvalue weighted by Crippen LogP contribution is 2.62. The number of aromatic nitrogens is 1. The van der Waals surface area contributed by atoms with E-state index in [1.54, 1.807) is 0 Å². The lowest BCUT2D eigenvalue weighted by Gasteiger charge is -2.19. The van der Waals surface area contributed by atoms with E-state index in [2.05, 4.69) is 34.7 Å². The van der Waals surface area contributed by atoms with Crippen molar-refractivity contribution in [1.29, 1.82) is 0 Å².